The van der Waals surface area contributed by atoms with Crippen molar-refractivity contribution < 1.29 is 4.79 Å². The first kappa shape index (κ1) is 13.3. The van der Waals surface area contributed by atoms with E-state index in [9.17, 15) is 4.79 Å². The lowest BCUT2D eigenvalue weighted by molar-refractivity contribution is -0.119. The Hall–Kier alpha value is -0.180. The maximum Gasteiger partial charge on any atom is 0.220 e. The maximum absolute atomic E-state index is 11.4. The fraction of sp³-hybridized carbons (Fsp3) is 0.929. The van der Waals surface area contributed by atoms with Crippen molar-refractivity contribution in [2.75, 3.05) is 5.75 Å². The van der Waals surface area contributed by atoms with E-state index in [0.29, 0.717) is 17.2 Å². The maximum atomic E-state index is 11.4. The lowest BCUT2D eigenvalue weighted by Gasteiger charge is -2.20. The fourth-order valence-corrected chi connectivity index (χ4v) is 4.53. The van der Waals surface area contributed by atoms with E-state index in [2.05, 4.69) is 37.8 Å². The number of hydrogen-bond acceptors (Lipinski definition) is 2. The van der Waals surface area contributed by atoms with Crippen LogP contribution in [0.15, 0.2) is 0 Å². The molecule has 0 aromatic carbocycles. The van der Waals surface area contributed by atoms with Crippen molar-refractivity contribution in [1.29, 1.82) is 0 Å². The summed E-state index contributed by atoms with van der Waals surface area (Å²) in [6.07, 6.45) is 4.70. The molecule has 1 N–H and O–H groups in total. The summed E-state index contributed by atoms with van der Waals surface area (Å²) in [4.78, 5) is 11.4. The van der Waals surface area contributed by atoms with Gasteiger partial charge in [-0.3, -0.25) is 4.79 Å². The summed E-state index contributed by atoms with van der Waals surface area (Å²) in [5.41, 5.74) is 0. The zero-order chi connectivity index (χ0) is 12.4. The molecular weight excluding hydrogens is 230 g/mol. The van der Waals surface area contributed by atoms with E-state index in [1.54, 1.807) is 0 Å². The minimum atomic E-state index is 0.279. The van der Waals surface area contributed by atoms with E-state index in [1.807, 2.05) is 0 Å². The van der Waals surface area contributed by atoms with E-state index >= 15 is 0 Å². The quantitative estimate of drug-likeness (QED) is 0.818. The minimum absolute atomic E-state index is 0.279. The van der Waals surface area contributed by atoms with Crippen molar-refractivity contribution in [3.8, 4) is 0 Å². The van der Waals surface area contributed by atoms with Crippen LogP contribution in [-0.2, 0) is 4.79 Å². The highest BCUT2D eigenvalue weighted by Gasteiger charge is 2.42. The molecule has 0 aromatic heterocycles. The minimum Gasteiger partial charge on any atom is -0.352 e. The highest BCUT2D eigenvalue weighted by molar-refractivity contribution is 8.00. The molecule has 0 radical (unpaired) electrons. The standard InChI is InChI=1S/C14H25NOS/c1-9(2)10(3)5-4-6-12-14-11(8-17-12)7-13(16)15-14/h9-12,14H,4-8H2,1-3H3,(H,15,16)/t10?,11-,12-,14-/m0/s1. The van der Waals surface area contributed by atoms with Gasteiger partial charge in [0.25, 0.3) is 0 Å². The smallest absolute Gasteiger partial charge is 0.220 e. The Kier molecular flexibility index (Phi) is 4.40. The SMILES string of the molecule is CC(C)C(C)CCC[C@@H]1SC[C@@H]2CC(=O)N[C@@H]21. The molecule has 4 atom stereocenters. The third-order valence-electron chi connectivity index (χ3n) is 4.49. The van der Waals surface area contributed by atoms with Crippen LogP contribution in [0.25, 0.3) is 0 Å². The highest BCUT2D eigenvalue weighted by Crippen LogP contribution is 2.39. The normalized spacial score (nSPS) is 33.9. The van der Waals surface area contributed by atoms with Gasteiger partial charge in [0.05, 0.1) is 0 Å². The number of hydrogen-bond donors (Lipinski definition) is 1. The van der Waals surface area contributed by atoms with Gasteiger partial charge in [-0.15, -0.1) is 0 Å². The van der Waals surface area contributed by atoms with Crippen LogP contribution < -0.4 is 5.32 Å². The average Bonchev–Trinajstić information content (AvgIpc) is 2.78. The van der Waals surface area contributed by atoms with Crippen molar-refractivity contribution >= 4 is 17.7 Å². The third kappa shape index (κ3) is 3.18. The Bertz CT molecular complexity index is 279. The summed E-state index contributed by atoms with van der Waals surface area (Å²) < 4.78 is 0. The topological polar surface area (TPSA) is 29.1 Å². The monoisotopic (exact) mass is 255 g/mol. The van der Waals surface area contributed by atoms with Crippen molar-refractivity contribution in [3.05, 3.63) is 0 Å². The molecule has 0 saturated carbocycles. The Morgan fingerprint density at radius 2 is 2.18 bits per heavy atom. The molecule has 2 saturated heterocycles. The van der Waals surface area contributed by atoms with E-state index < -0.39 is 0 Å². The van der Waals surface area contributed by atoms with Crippen LogP contribution in [0.4, 0.5) is 0 Å². The van der Waals surface area contributed by atoms with Gasteiger partial charge in [0.15, 0.2) is 0 Å². The molecule has 2 heterocycles. The van der Waals surface area contributed by atoms with Gasteiger partial charge in [-0.25, -0.2) is 0 Å². The molecule has 98 valence electrons. The summed E-state index contributed by atoms with van der Waals surface area (Å²) in [6.45, 7) is 6.97. The van der Waals surface area contributed by atoms with Gasteiger partial charge in [0, 0.05) is 17.7 Å². The first-order valence-corrected chi connectivity index (χ1v) is 8.03. The van der Waals surface area contributed by atoms with Crippen LogP contribution in [-0.4, -0.2) is 23.0 Å². The Balaban J connectivity index is 1.72. The van der Waals surface area contributed by atoms with Crippen molar-refractivity contribution in [2.24, 2.45) is 17.8 Å². The van der Waals surface area contributed by atoms with Gasteiger partial charge in [0.1, 0.15) is 0 Å². The number of carbonyl (C=O) groups excluding carboxylic acids is 1. The van der Waals surface area contributed by atoms with Crippen molar-refractivity contribution in [1.82, 2.24) is 5.32 Å². The van der Waals surface area contributed by atoms with Crippen LogP contribution in [0.5, 0.6) is 0 Å². The zero-order valence-corrected chi connectivity index (χ0v) is 12.1. The average molecular weight is 255 g/mol. The predicted molar refractivity (Wildman–Crippen MR) is 74.1 cm³/mol. The molecule has 0 bridgehead atoms. The van der Waals surface area contributed by atoms with Crippen LogP contribution in [0.1, 0.15) is 46.5 Å². The predicted octanol–water partition coefficient (Wildman–Crippen LogP) is 3.07. The summed E-state index contributed by atoms with van der Waals surface area (Å²) >= 11 is 2.08. The lowest BCUT2D eigenvalue weighted by Crippen LogP contribution is -2.34. The molecule has 2 aliphatic rings. The Morgan fingerprint density at radius 1 is 1.41 bits per heavy atom. The van der Waals surface area contributed by atoms with Crippen molar-refractivity contribution in [3.63, 3.8) is 0 Å². The van der Waals surface area contributed by atoms with Gasteiger partial charge in [0.2, 0.25) is 5.91 Å². The molecule has 17 heavy (non-hydrogen) atoms. The molecule has 0 spiro atoms. The molecule has 2 rings (SSSR count). The number of carbonyl (C=O) groups is 1. The summed E-state index contributed by atoms with van der Waals surface area (Å²) in [7, 11) is 0. The number of fused-ring (bicyclic) bond motifs is 1. The second-order valence-corrected chi connectivity index (χ2v) is 7.35. The van der Waals surface area contributed by atoms with E-state index in [4.69, 9.17) is 0 Å². The number of rotatable bonds is 5. The van der Waals surface area contributed by atoms with Crippen LogP contribution in [0, 0.1) is 17.8 Å². The molecule has 2 aliphatic heterocycles. The van der Waals surface area contributed by atoms with Crippen LogP contribution in [0.3, 0.4) is 0 Å². The summed E-state index contributed by atoms with van der Waals surface area (Å²) in [6, 6.07) is 0.488. The number of amides is 1. The molecule has 1 unspecified atom stereocenters. The summed E-state index contributed by atoms with van der Waals surface area (Å²) in [5.74, 6) is 3.72. The molecule has 2 nitrogen and oxygen atoms in total. The van der Waals surface area contributed by atoms with Crippen LogP contribution >= 0.6 is 11.8 Å². The Labute approximate surface area is 109 Å². The largest absolute Gasteiger partial charge is 0.352 e. The highest BCUT2D eigenvalue weighted by atomic mass is 32.2. The van der Waals surface area contributed by atoms with Gasteiger partial charge < -0.3 is 5.32 Å². The van der Waals surface area contributed by atoms with Gasteiger partial charge >= 0.3 is 0 Å². The van der Waals surface area contributed by atoms with Gasteiger partial charge in [-0.05, 0) is 29.9 Å². The Morgan fingerprint density at radius 3 is 2.88 bits per heavy atom. The zero-order valence-electron chi connectivity index (χ0n) is 11.2. The first-order valence-electron chi connectivity index (χ1n) is 6.99. The van der Waals surface area contributed by atoms with Gasteiger partial charge in [-0.2, -0.15) is 11.8 Å². The molecule has 1 amide bonds. The molecule has 0 aliphatic carbocycles. The van der Waals surface area contributed by atoms with E-state index in [0.717, 1.165) is 18.3 Å². The number of thioether (sulfide) groups is 1. The lowest BCUT2D eigenvalue weighted by atomic mass is 9.91. The molecule has 0 aromatic rings. The third-order valence-corrected chi connectivity index (χ3v) is 6.07. The number of nitrogens with one attached hydrogen (secondary N) is 1. The molecule has 3 heteroatoms. The van der Waals surface area contributed by atoms with E-state index in [1.165, 1.54) is 25.0 Å². The summed E-state index contributed by atoms with van der Waals surface area (Å²) in [5, 5.41) is 3.85. The fourth-order valence-electron chi connectivity index (χ4n) is 2.87. The second-order valence-electron chi connectivity index (χ2n) is 6.08. The first-order chi connectivity index (χ1) is 8.08. The van der Waals surface area contributed by atoms with Crippen LogP contribution in [0.2, 0.25) is 0 Å². The van der Waals surface area contributed by atoms with Gasteiger partial charge in [-0.1, -0.05) is 33.6 Å². The second kappa shape index (κ2) is 5.64. The molecular formula is C14H25NOS. The molecule has 2 fully saturated rings. The van der Waals surface area contributed by atoms with Crippen molar-refractivity contribution in [2.45, 2.75) is 57.7 Å². The van der Waals surface area contributed by atoms with E-state index in [-0.39, 0.29) is 5.91 Å².